The number of halogens is 2. The highest BCUT2D eigenvalue weighted by Gasteiger charge is 2.34. The fourth-order valence-corrected chi connectivity index (χ4v) is 6.69. The average Bonchev–Trinajstić information content (AvgIpc) is 3.43. The summed E-state index contributed by atoms with van der Waals surface area (Å²) in [6, 6.07) is 9.60. The fraction of sp³-hybridized carbons (Fsp3) is 0.429. The van der Waals surface area contributed by atoms with Gasteiger partial charge in [0.2, 0.25) is 0 Å². The molecule has 2 aromatic heterocycles. The Kier molecular flexibility index (Phi) is 8.54. The van der Waals surface area contributed by atoms with Gasteiger partial charge in [-0.3, -0.25) is 9.20 Å². The monoisotopic (exact) mass is 619 g/mol. The van der Waals surface area contributed by atoms with E-state index in [0.717, 1.165) is 44.0 Å². The standard InChI is InChI=1S/C35H39F2N3O5/c1-21-25(19-29(42)43)34-39-14-12-35(3,13-15-39)45-17-6-4-5-16-44-28-11-10-26(36)32(37)31(28)24-9-7-8-23(18-24)27-20-40(34)33(38-27)30(21)22(2)41/h7-11,18,20,22,41H,4-6,12-17,19H2,1-3H3,(H,42,43). The molecule has 1 unspecified atom stereocenters. The minimum atomic E-state index is -0.986. The SMILES string of the molecule is Cc1c(CC(=O)O)c2n3cc(nc3c1C(C)O)-c1cccc(c1)-c1c(ccc(F)c1F)OCCCCCOC1(C)CCN2CC1. The Morgan fingerprint density at radius 1 is 1.09 bits per heavy atom. The van der Waals surface area contributed by atoms with Crippen LogP contribution in [0.5, 0.6) is 5.75 Å². The number of aliphatic hydroxyl groups is 1. The van der Waals surface area contributed by atoms with Gasteiger partial charge >= 0.3 is 5.97 Å². The van der Waals surface area contributed by atoms with Crippen LogP contribution in [0.25, 0.3) is 28.0 Å². The maximum absolute atomic E-state index is 15.4. The van der Waals surface area contributed by atoms with E-state index in [1.807, 2.05) is 23.6 Å². The first-order chi connectivity index (χ1) is 21.6. The summed E-state index contributed by atoms with van der Waals surface area (Å²) in [5, 5.41) is 20.8. The Morgan fingerprint density at radius 2 is 1.82 bits per heavy atom. The van der Waals surface area contributed by atoms with E-state index in [0.29, 0.717) is 65.5 Å². The summed E-state index contributed by atoms with van der Waals surface area (Å²) in [4.78, 5) is 19.3. The van der Waals surface area contributed by atoms with Crippen molar-refractivity contribution in [1.82, 2.24) is 9.38 Å². The van der Waals surface area contributed by atoms with Crippen LogP contribution in [0.3, 0.4) is 0 Å². The van der Waals surface area contributed by atoms with E-state index in [-0.39, 0.29) is 23.3 Å². The van der Waals surface area contributed by atoms with Gasteiger partial charge in [0.05, 0.1) is 36.0 Å². The molecule has 0 spiro atoms. The predicted octanol–water partition coefficient (Wildman–Crippen LogP) is 6.87. The summed E-state index contributed by atoms with van der Waals surface area (Å²) in [5.41, 5.74) is 3.75. The predicted molar refractivity (Wildman–Crippen MR) is 168 cm³/mol. The molecule has 0 aliphatic carbocycles. The van der Waals surface area contributed by atoms with E-state index >= 15 is 4.39 Å². The lowest BCUT2D eigenvalue weighted by molar-refractivity contribution is -0.136. The lowest BCUT2D eigenvalue weighted by Crippen LogP contribution is -2.45. The second-order valence-electron chi connectivity index (χ2n) is 12.4. The normalized spacial score (nSPS) is 17.6. The van der Waals surface area contributed by atoms with E-state index < -0.39 is 23.7 Å². The molecule has 3 aliphatic rings. The molecular formula is C35H39F2N3O5. The minimum absolute atomic E-state index is 0.0413. The molecule has 0 saturated carbocycles. The molecule has 238 valence electrons. The summed E-state index contributed by atoms with van der Waals surface area (Å²) in [7, 11) is 0. The molecule has 45 heavy (non-hydrogen) atoms. The molecule has 1 atom stereocenters. The molecule has 4 aromatic rings. The van der Waals surface area contributed by atoms with Crippen molar-refractivity contribution < 1.29 is 33.3 Å². The second-order valence-corrected chi connectivity index (χ2v) is 12.4. The van der Waals surface area contributed by atoms with E-state index in [1.54, 1.807) is 25.1 Å². The van der Waals surface area contributed by atoms with Crippen LogP contribution in [0.15, 0.2) is 42.6 Å². The van der Waals surface area contributed by atoms with Gasteiger partial charge < -0.3 is 24.6 Å². The fourth-order valence-electron chi connectivity index (χ4n) is 6.69. The topological polar surface area (TPSA) is 96.5 Å². The van der Waals surface area contributed by atoms with Crippen LogP contribution in [0.4, 0.5) is 14.6 Å². The van der Waals surface area contributed by atoms with E-state index in [1.165, 1.54) is 6.07 Å². The lowest BCUT2D eigenvalue weighted by atomic mass is 9.92. The number of rotatable bonds is 3. The molecule has 0 amide bonds. The van der Waals surface area contributed by atoms with E-state index in [9.17, 15) is 19.4 Å². The van der Waals surface area contributed by atoms with Gasteiger partial charge in [-0.2, -0.15) is 0 Å². The van der Waals surface area contributed by atoms with Gasteiger partial charge in [-0.15, -0.1) is 0 Å². The highest BCUT2D eigenvalue weighted by Crippen LogP contribution is 2.40. The third-order valence-electron chi connectivity index (χ3n) is 9.17. The molecular weight excluding hydrogens is 580 g/mol. The van der Waals surface area contributed by atoms with Crippen molar-refractivity contribution in [2.75, 3.05) is 31.2 Å². The number of hydrogen-bond donors (Lipinski definition) is 2. The van der Waals surface area contributed by atoms with Crippen LogP contribution < -0.4 is 9.64 Å². The summed E-state index contributed by atoms with van der Waals surface area (Å²) < 4.78 is 44.1. The van der Waals surface area contributed by atoms with Gasteiger partial charge in [0.1, 0.15) is 17.2 Å². The minimum Gasteiger partial charge on any atom is -0.493 e. The number of anilines is 1. The van der Waals surface area contributed by atoms with Crippen LogP contribution in [-0.2, 0) is 16.0 Å². The van der Waals surface area contributed by atoms with Gasteiger partial charge in [0, 0.05) is 42.6 Å². The zero-order valence-electron chi connectivity index (χ0n) is 25.9. The number of aromatic nitrogens is 2. The van der Waals surface area contributed by atoms with Crippen LogP contribution in [-0.4, -0.2) is 57.5 Å². The summed E-state index contributed by atoms with van der Waals surface area (Å²) in [6.45, 7) is 7.88. The molecule has 2 aromatic carbocycles. The Labute approximate surface area is 261 Å². The Balaban J connectivity index is 1.57. The van der Waals surface area contributed by atoms with Crippen LogP contribution in [0, 0.1) is 18.6 Å². The van der Waals surface area contributed by atoms with E-state index in [4.69, 9.17) is 14.5 Å². The number of piperidine rings is 1. The van der Waals surface area contributed by atoms with Gasteiger partial charge in [-0.05, 0) is 82.2 Å². The number of carboxylic acids is 1. The average molecular weight is 620 g/mol. The molecule has 10 heteroatoms. The Bertz CT molecular complexity index is 1740. The van der Waals surface area contributed by atoms with Crippen molar-refractivity contribution in [2.24, 2.45) is 0 Å². The van der Waals surface area contributed by atoms with E-state index in [2.05, 4.69) is 11.8 Å². The zero-order chi connectivity index (χ0) is 31.9. The zero-order valence-corrected chi connectivity index (χ0v) is 25.9. The molecule has 3 aliphatic heterocycles. The smallest absolute Gasteiger partial charge is 0.307 e. The first kappa shape index (κ1) is 31.0. The molecule has 8 nitrogen and oxygen atoms in total. The number of pyridine rings is 1. The molecule has 6 bridgehead atoms. The highest BCUT2D eigenvalue weighted by molar-refractivity contribution is 5.80. The lowest BCUT2D eigenvalue weighted by Gasteiger charge is -2.41. The van der Waals surface area contributed by atoms with Crippen molar-refractivity contribution in [3.8, 4) is 28.1 Å². The van der Waals surface area contributed by atoms with Crippen LogP contribution in [0.1, 0.15) is 68.7 Å². The van der Waals surface area contributed by atoms with Gasteiger partial charge in [0.25, 0.3) is 0 Å². The maximum Gasteiger partial charge on any atom is 0.307 e. The number of hydrogen-bond acceptors (Lipinski definition) is 6. The number of ether oxygens (including phenoxy) is 2. The number of imidazole rings is 1. The molecule has 2 N–H and O–H groups in total. The molecule has 1 fully saturated rings. The number of nitrogens with zero attached hydrogens (tertiary/aromatic N) is 3. The van der Waals surface area contributed by atoms with Crippen molar-refractivity contribution >= 4 is 17.4 Å². The molecule has 1 saturated heterocycles. The third kappa shape index (κ3) is 6.01. The number of aliphatic carboxylic acids is 1. The number of fused-ring (bicyclic) bond motifs is 8. The summed E-state index contributed by atoms with van der Waals surface area (Å²) >= 11 is 0. The number of benzene rings is 2. The van der Waals surface area contributed by atoms with Crippen LogP contribution >= 0.6 is 0 Å². The molecule has 0 radical (unpaired) electrons. The maximum atomic E-state index is 15.4. The van der Waals surface area contributed by atoms with Crippen molar-refractivity contribution in [3.63, 3.8) is 0 Å². The summed E-state index contributed by atoms with van der Waals surface area (Å²) in [6.07, 6.45) is 4.69. The van der Waals surface area contributed by atoms with Crippen LogP contribution in [0.2, 0.25) is 0 Å². The number of carboxylic acid groups (broad SMARTS) is 1. The first-order valence-corrected chi connectivity index (χ1v) is 15.6. The highest BCUT2D eigenvalue weighted by atomic mass is 19.2. The number of carbonyl (C=O) groups is 1. The first-order valence-electron chi connectivity index (χ1n) is 15.6. The summed E-state index contributed by atoms with van der Waals surface area (Å²) in [5.74, 6) is -1.93. The largest absolute Gasteiger partial charge is 0.493 e. The van der Waals surface area contributed by atoms with Gasteiger partial charge in [0.15, 0.2) is 11.6 Å². The van der Waals surface area contributed by atoms with Crippen molar-refractivity contribution in [3.05, 3.63) is 70.9 Å². The Morgan fingerprint density at radius 3 is 2.56 bits per heavy atom. The second kappa shape index (κ2) is 12.4. The molecule has 5 heterocycles. The quantitative estimate of drug-likeness (QED) is 0.258. The Hall–Kier alpha value is -4.02. The van der Waals surface area contributed by atoms with Gasteiger partial charge in [-0.1, -0.05) is 18.2 Å². The number of aliphatic hydroxyl groups excluding tert-OH is 1. The van der Waals surface area contributed by atoms with Crippen molar-refractivity contribution in [2.45, 2.75) is 71.0 Å². The molecule has 7 rings (SSSR count). The third-order valence-corrected chi connectivity index (χ3v) is 9.17. The van der Waals surface area contributed by atoms with Gasteiger partial charge in [-0.25, -0.2) is 13.8 Å². The van der Waals surface area contributed by atoms with Crippen molar-refractivity contribution in [1.29, 1.82) is 0 Å².